The fourth-order valence-corrected chi connectivity index (χ4v) is 2.22. The van der Waals surface area contributed by atoms with Crippen LogP contribution in [0.15, 0.2) is 36.5 Å². The minimum atomic E-state index is -1.22. The largest absolute Gasteiger partial charge is 0.550 e. The minimum absolute atomic E-state index is 0.0516. The first kappa shape index (κ1) is 23.6. The van der Waals surface area contributed by atoms with Crippen molar-refractivity contribution in [1.82, 2.24) is 0 Å². The van der Waals surface area contributed by atoms with Crippen LogP contribution in [0.1, 0.15) is 64.7 Å². The van der Waals surface area contributed by atoms with Gasteiger partial charge in [0.15, 0.2) is 0 Å². The van der Waals surface area contributed by atoms with Gasteiger partial charge in [-0.15, -0.1) is 0 Å². The summed E-state index contributed by atoms with van der Waals surface area (Å²) in [6, 6.07) is 0. The third-order valence-corrected chi connectivity index (χ3v) is 3.79. The number of hydrogen-bond donors (Lipinski definition) is 3. The minimum Gasteiger partial charge on any atom is -0.550 e. The number of hydrogen-bond acceptors (Lipinski definition) is 5. The summed E-state index contributed by atoms with van der Waals surface area (Å²) in [5.74, 6) is -1.04. The van der Waals surface area contributed by atoms with Crippen molar-refractivity contribution in [3.8, 4) is 0 Å². The number of aliphatic hydroxyl groups excluding tert-OH is 3. The van der Waals surface area contributed by atoms with Crippen LogP contribution in [0.3, 0.4) is 0 Å². The molecule has 0 aliphatic carbocycles. The molecule has 0 aromatic heterocycles. The molecule has 3 atom stereocenters. The molecule has 0 saturated carbocycles. The van der Waals surface area contributed by atoms with Crippen molar-refractivity contribution in [1.29, 1.82) is 0 Å². The Morgan fingerprint density at radius 1 is 0.960 bits per heavy atom. The Morgan fingerprint density at radius 2 is 1.64 bits per heavy atom. The second kappa shape index (κ2) is 16.1. The Hall–Kier alpha value is -1.43. The summed E-state index contributed by atoms with van der Waals surface area (Å²) in [4.78, 5) is 10.2. The number of carboxylic acid groups (broad SMARTS) is 1. The van der Waals surface area contributed by atoms with E-state index in [4.69, 9.17) is 0 Å². The lowest BCUT2D eigenvalue weighted by Gasteiger charge is -2.19. The predicted octanol–water partition coefficient (Wildman–Crippen LogP) is 2.02. The van der Waals surface area contributed by atoms with E-state index in [0.29, 0.717) is 25.7 Å². The number of carbonyl (C=O) groups excluding carboxylic acids is 1. The molecule has 0 aromatic rings. The second-order valence-corrected chi connectivity index (χ2v) is 6.15. The van der Waals surface area contributed by atoms with Crippen molar-refractivity contribution in [2.45, 2.75) is 83.0 Å². The lowest BCUT2D eigenvalue weighted by Crippen LogP contribution is -2.35. The zero-order valence-electron chi connectivity index (χ0n) is 15.2. The summed E-state index contributed by atoms with van der Waals surface area (Å²) in [6.45, 7) is 2.14. The van der Waals surface area contributed by atoms with Crippen LogP contribution in [0.2, 0.25) is 0 Å². The molecule has 0 heterocycles. The molecule has 0 aliphatic heterocycles. The molecule has 5 heteroatoms. The second-order valence-electron chi connectivity index (χ2n) is 6.15. The summed E-state index contributed by atoms with van der Waals surface area (Å²) in [5.41, 5.74) is 0. The maximum Gasteiger partial charge on any atom is 0.110 e. The van der Waals surface area contributed by atoms with E-state index in [1.165, 1.54) is 18.9 Å². The number of aliphatic hydroxyl groups is 3. The van der Waals surface area contributed by atoms with E-state index >= 15 is 0 Å². The standard InChI is InChI=1S/C20H34O5/c1-2-3-4-5-8-11-14-17(21)20(25)18(22)15-12-9-6-7-10-13-16-19(23)24/h6-8,11-12,15,17-18,20-22,25H,2-5,9-10,13-14,16H2,1H3,(H,23,24)/p-1/b7-6-,11-8-,15-12-/t17-,18?,20+/m1/s1. The van der Waals surface area contributed by atoms with Crippen molar-refractivity contribution >= 4 is 5.97 Å². The van der Waals surface area contributed by atoms with Crippen molar-refractivity contribution in [3.05, 3.63) is 36.5 Å². The van der Waals surface area contributed by atoms with Crippen molar-refractivity contribution in [2.75, 3.05) is 0 Å². The lowest BCUT2D eigenvalue weighted by atomic mass is 10.0. The molecular formula is C20H33O5-. The zero-order chi connectivity index (χ0) is 18.9. The molecule has 25 heavy (non-hydrogen) atoms. The van der Waals surface area contributed by atoms with Crippen LogP contribution in [-0.4, -0.2) is 39.6 Å². The molecule has 144 valence electrons. The summed E-state index contributed by atoms with van der Waals surface area (Å²) in [6.07, 6.45) is 14.0. The number of carbonyl (C=O) groups is 1. The summed E-state index contributed by atoms with van der Waals surface area (Å²) >= 11 is 0. The zero-order valence-corrected chi connectivity index (χ0v) is 15.2. The van der Waals surface area contributed by atoms with E-state index < -0.39 is 24.3 Å². The topological polar surface area (TPSA) is 101 Å². The van der Waals surface area contributed by atoms with Crippen LogP contribution in [0, 0.1) is 0 Å². The third kappa shape index (κ3) is 14.6. The van der Waals surface area contributed by atoms with Gasteiger partial charge < -0.3 is 25.2 Å². The number of rotatable bonds is 15. The van der Waals surface area contributed by atoms with Crippen LogP contribution in [0.5, 0.6) is 0 Å². The molecule has 0 radical (unpaired) electrons. The van der Waals surface area contributed by atoms with Crippen molar-refractivity contribution < 1.29 is 25.2 Å². The third-order valence-electron chi connectivity index (χ3n) is 3.79. The number of carboxylic acids is 1. The Bertz CT molecular complexity index is 414. The monoisotopic (exact) mass is 353 g/mol. The molecule has 5 nitrogen and oxygen atoms in total. The number of aliphatic carboxylic acids is 1. The summed E-state index contributed by atoms with van der Waals surface area (Å²) in [5, 5.41) is 39.8. The van der Waals surface area contributed by atoms with Gasteiger partial charge in [-0.2, -0.15) is 0 Å². The van der Waals surface area contributed by atoms with Crippen LogP contribution in [-0.2, 0) is 4.79 Å². The van der Waals surface area contributed by atoms with Crippen LogP contribution in [0.4, 0.5) is 0 Å². The first-order valence-electron chi connectivity index (χ1n) is 9.19. The van der Waals surface area contributed by atoms with E-state index in [-0.39, 0.29) is 6.42 Å². The van der Waals surface area contributed by atoms with Gasteiger partial charge in [-0.3, -0.25) is 0 Å². The van der Waals surface area contributed by atoms with Crippen LogP contribution >= 0.6 is 0 Å². The first-order valence-corrected chi connectivity index (χ1v) is 9.19. The highest BCUT2D eigenvalue weighted by Crippen LogP contribution is 2.08. The normalized spacial score (nSPS) is 16.0. The van der Waals surface area contributed by atoms with E-state index in [9.17, 15) is 25.2 Å². The Balaban J connectivity index is 3.92. The van der Waals surface area contributed by atoms with Gasteiger partial charge in [0.2, 0.25) is 0 Å². The average molecular weight is 353 g/mol. The molecule has 1 unspecified atom stereocenters. The summed E-state index contributed by atoms with van der Waals surface area (Å²) < 4.78 is 0. The van der Waals surface area contributed by atoms with Crippen molar-refractivity contribution in [3.63, 3.8) is 0 Å². The number of unbranched alkanes of at least 4 members (excludes halogenated alkanes) is 4. The molecule has 0 spiro atoms. The maximum atomic E-state index is 10.2. The van der Waals surface area contributed by atoms with Gasteiger partial charge in [0.1, 0.15) is 12.2 Å². The highest BCUT2D eigenvalue weighted by molar-refractivity contribution is 5.64. The van der Waals surface area contributed by atoms with E-state index in [0.717, 1.165) is 12.8 Å². The molecule has 3 N–H and O–H groups in total. The quantitative estimate of drug-likeness (QED) is 0.309. The fourth-order valence-electron chi connectivity index (χ4n) is 2.22. The molecular weight excluding hydrogens is 320 g/mol. The molecule has 0 fully saturated rings. The van der Waals surface area contributed by atoms with Crippen LogP contribution < -0.4 is 5.11 Å². The van der Waals surface area contributed by atoms with E-state index in [1.54, 1.807) is 6.08 Å². The van der Waals surface area contributed by atoms with Gasteiger partial charge >= 0.3 is 0 Å². The van der Waals surface area contributed by atoms with Gasteiger partial charge in [-0.25, -0.2) is 0 Å². The molecule has 0 aliphatic rings. The first-order chi connectivity index (χ1) is 12.0. The molecule has 0 bridgehead atoms. The molecule has 0 amide bonds. The average Bonchev–Trinajstić information content (AvgIpc) is 2.58. The Kier molecular flexibility index (Phi) is 15.1. The molecule has 0 rings (SSSR count). The van der Waals surface area contributed by atoms with Gasteiger partial charge in [0.05, 0.1) is 6.10 Å². The fraction of sp³-hybridized carbons (Fsp3) is 0.650. The van der Waals surface area contributed by atoms with Crippen molar-refractivity contribution in [2.24, 2.45) is 0 Å². The van der Waals surface area contributed by atoms with Gasteiger partial charge in [0.25, 0.3) is 0 Å². The Labute approximate surface area is 151 Å². The molecule has 0 aromatic carbocycles. The van der Waals surface area contributed by atoms with Gasteiger partial charge in [0, 0.05) is 5.97 Å². The highest BCUT2D eigenvalue weighted by atomic mass is 16.4. The molecule has 0 saturated heterocycles. The SMILES string of the molecule is CCCCC/C=C\C[C@@H](O)[C@H](O)C(O)/C=C\C/C=C\CCCC(=O)[O-]. The smallest absolute Gasteiger partial charge is 0.110 e. The lowest BCUT2D eigenvalue weighted by molar-refractivity contribution is -0.305. The highest BCUT2D eigenvalue weighted by Gasteiger charge is 2.21. The number of allylic oxidation sites excluding steroid dienone is 4. The predicted molar refractivity (Wildman–Crippen MR) is 97.7 cm³/mol. The van der Waals surface area contributed by atoms with Crippen LogP contribution in [0.25, 0.3) is 0 Å². The van der Waals surface area contributed by atoms with Gasteiger partial charge in [-0.05, 0) is 44.9 Å². The maximum absolute atomic E-state index is 10.2. The van der Waals surface area contributed by atoms with E-state index in [1.807, 2.05) is 24.3 Å². The van der Waals surface area contributed by atoms with E-state index in [2.05, 4.69) is 6.92 Å². The summed E-state index contributed by atoms with van der Waals surface area (Å²) in [7, 11) is 0. The Morgan fingerprint density at radius 3 is 2.32 bits per heavy atom. The van der Waals surface area contributed by atoms with Gasteiger partial charge in [-0.1, -0.05) is 56.2 Å².